The Morgan fingerprint density at radius 2 is 2.30 bits per heavy atom. The molecular weight excluding hydrogens is 126 g/mol. The summed E-state index contributed by atoms with van der Waals surface area (Å²) in [6.45, 7) is 4.92. The maximum Gasteiger partial charge on any atom is 0.205 e. The number of aryl methyl sites for hydroxylation is 2. The van der Waals surface area contributed by atoms with E-state index < -0.39 is 0 Å². The lowest BCUT2D eigenvalue weighted by Gasteiger charge is -1.93. The average Bonchev–Trinajstić information content (AvgIpc) is 1.94. The zero-order valence-corrected chi connectivity index (χ0v) is 6.33. The standard InChI is InChI=1S/C7H12N3/c1-3-10-6(2)4-5-7(8)9-10/h4-5H,3H2,1-2H3,(H2,8,9)/q+1. The topological polar surface area (TPSA) is 42.8 Å². The van der Waals surface area contributed by atoms with Crippen molar-refractivity contribution in [1.82, 2.24) is 5.10 Å². The van der Waals surface area contributed by atoms with Gasteiger partial charge in [-0.15, -0.1) is 0 Å². The van der Waals surface area contributed by atoms with Gasteiger partial charge in [-0.2, -0.15) is 0 Å². The number of rotatable bonds is 1. The third-order valence-electron chi connectivity index (χ3n) is 1.44. The first-order valence-corrected chi connectivity index (χ1v) is 3.37. The van der Waals surface area contributed by atoms with Gasteiger partial charge in [-0.1, -0.05) is 4.68 Å². The summed E-state index contributed by atoms with van der Waals surface area (Å²) < 4.78 is 1.87. The van der Waals surface area contributed by atoms with Crippen LogP contribution in [-0.2, 0) is 6.54 Å². The second kappa shape index (κ2) is 2.64. The van der Waals surface area contributed by atoms with E-state index in [-0.39, 0.29) is 0 Å². The Hall–Kier alpha value is -1.12. The van der Waals surface area contributed by atoms with E-state index in [4.69, 9.17) is 5.73 Å². The highest BCUT2D eigenvalue weighted by Gasteiger charge is 2.03. The van der Waals surface area contributed by atoms with Gasteiger partial charge in [0.05, 0.1) is 0 Å². The van der Waals surface area contributed by atoms with Gasteiger partial charge >= 0.3 is 0 Å². The summed E-state index contributed by atoms with van der Waals surface area (Å²) in [6.07, 6.45) is 0. The second-order valence-electron chi connectivity index (χ2n) is 2.22. The Morgan fingerprint density at radius 3 is 2.80 bits per heavy atom. The summed E-state index contributed by atoms with van der Waals surface area (Å²) in [5.41, 5.74) is 6.61. The van der Waals surface area contributed by atoms with Crippen molar-refractivity contribution < 1.29 is 4.68 Å². The molecule has 10 heavy (non-hydrogen) atoms. The van der Waals surface area contributed by atoms with Gasteiger partial charge in [0.25, 0.3) is 0 Å². The van der Waals surface area contributed by atoms with Crippen LogP contribution in [0.3, 0.4) is 0 Å². The number of nitrogens with two attached hydrogens (primary N) is 1. The van der Waals surface area contributed by atoms with E-state index in [1.165, 1.54) is 0 Å². The van der Waals surface area contributed by atoms with Crippen LogP contribution in [0.4, 0.5) is 5.82 Å². The Labute approximate surface area is 60.5 Å². The molecule has 0 aromatic carbocycles. The monoisotopic (exact) mass is 138 g/mol. The first-order chi connectivity index (χ1) is 4.74. The van der Waals surface area contributed by atoms with Gasteiger partial charge in [0, 0.05) is 18.1 Å². The van der Waals surface area contributed by atoms with Gasteiger partial charge in [0.1, 0.15) is 0 Å². The van der Waals surface area contributed by atoms with E-state index in [0.29, 0.717) is 5.82 Å². The molecule has 1 aromatic rings. The van der Waals surface area contributed by atoms with Gasteiger partial charge in [-0.25, -0.2) is 0 Å². The van der Waals surface area contributed by atoms with Crippen LogP contribution in [0.1, 0.15) is 12.6 Å². The minimum absolute atomic E-state index is 0.576. The normalized spacial score (nSPS) is 9.80. The summed E-state index contributed by atoms with van der Waals surface area (Å²) in [4.78, 5) is 0. The zero-order valence-electron chi connectivity index (χ0n) is 6.33. The van der Waals surface area contributed by atoms with Gasteiger partial charge in [0.15, 0.2) is 12.4 Å². The van der Waals surface area contributed by atoms with Crippen LogP contribution in [0.2, 0.25) is 0 Å². The average molecular weight is 138 g/mol. The van der Waals surface area contributed by atoms with Gasteiger partial charge in [-0.05, 0) is 13.0 Å². The van der Waals surface area contributed by atoms with Crippen molar-refractivity contribution in [3.63, 3.8) is 0 Å². The van der Waals surface area contributed by atoms with E-state index in [0.717, 1.165) is 12.2 Å². The molecule has 0 aliphatic carbocycles. The van der Waals surface area contributed by atoms with E-state index in [9.17, 15) is 0 Å². The minimum Gasteiger partial charge on any atom is -0.379 e. The van der Waals surface area contributed by atoms with Gasteiger partial charge < -0.3 is 5.73 Å². The minimum atomic E-state index is 0.576. The Balaban J connectivity index is 3.09. The molecule has 0 spiro atoms. The summed E-state index contributed by atoms with van der Waals surface area (Å²) >= 11 is 0. The number of anilines is 1. The van der Waals surface area contributed by atoms with Crippen molar-refractivity contribution in [2.75, 3.05) is 5.73 Å². The van der Waals surface area contributed by atoms with Crippen molar-refractivity contribution in [2.45, 2.75) is 20.4 Å². The van der Waals surface area contributed by atoms with Crippen LogP contribution in [0, 0.1) is 6.92 Å². The number of hydrogen-bond acceptors (Lipinski definition) is 2. The fourth-order valence-electron chi connectivity index (χ4n) is 0.864. The molecule has 0 saturated heterocycles. The SMILES string of the molecule is CC[n+]1nc(N)ccc1C. The van der Waals surface area contributed by atoms with Crippen molar-refractivity contribution in [3.8, 4) is 0 Å². The lowest BCUT2D eigenvalue weighted by atomic mass is 10.4. The zero-order chi connectivity index (χ0) is 7.56. The third kappa shape index (κ3) is 1.23. The lowest BCUT2D eigenvalue weighted by Crippen LogP contribution is -2.40. The summed E-state index contributed by atoms with van der Waals surface area (Å²) in [7, 11) is 0. The van der Waals surface area contributed by atoms with Crippen LogP contribution < -0.4 is 10.4 Å². The fraction of sp³-hybridized carbons (Fsp3) is 0.429. The van der Waals surface area contributed by atoms with Crippen molar-refractivity contribution in [2.24, 2.45) is 0 Å². The number of nitrogen functional groups attached to an aromatic ring is 1. The second-order valence-corrected chi connectivity index (χ2v) is 2.22. The van der Waals surface area contributed by atoms with Crippen molar-refractivity contribution in [3.05, 3.63) is 17.8 Å². The fourth-order valence-corrected chi connectivity index (χ4v) is 0.864. The number of nitrogens with zero attached hydrogens (tertiary/aromatic N) is 2. The molecule has 0 radical (unpaired) electrons. The van der Waals surface area contributed by atoms with E-state index in [1.54, 1.807) is 0 Å². The maximum atomic E-state index is 5.47. The van der Waals surface area contributed by atoms with Crippen LogP contribution in [0.25, 0.3) is 0 Å². The quantitative estimate of drug-likeness (QED) is 0.566. The first kappa shape index (κ1) is 6.99. The molecule has 1 heterocycles. The third-order valence-corrected chi connectivity index (χ3v) is 1.44. The van der Waals surface area contributed by atoms with Crippen LogP contribution in [-0.4, -0.2) is 5.10 Å². The highest BCUT2D eigenvalue weighted by atomic mass is 15.3. The highest BCUT2D eigenvalue weighted by molar-refractivity contribution is 5.23. The number of aromatic nitrogens is 2. The molecule has 0 amide bonds. The maximum absolute atomic E-state index is 5.47. The Bertz CT molecular complexity index is 232. The predicted octanol–water partition coefficient (Wildman–Crippen LogP) is 0.280. The Morgan fingerprint density at radius 1 is 1.60 bits per heavy atom. The lowest BCUT2D eigenvalue weighted by molar-refractivity contribution is -0.755. The predicted molar refractivity (Wildman–Crippen MR) is 39.3 cm³/mol. The molecule has 3 nitrogen and oxygen atoms in total. The molecule has 0 bridgehead atoms. The highest BCUT2D eigenvalue weighted by Crippen LogP contribution is 1.92. The molecular formula is C7H12N3+. The number of hydrogen-bond donors (Lipinski definition) is 1. The van der Waals surface area contributed by atoms with E-state index in [2.05, 4.69) is 5.10 Å². The molecule has 0 unspecified atom stereocenters. The van der Waals surface area contributed by atoms with Gasteiger partial charge in [0.2, 0.25) is 5.69 Å². The summed E-state index contributed by atoms with van der Waals surface area (Å²) in [6, 6.07) is 3.77. The molecule has 1 aromatic heterocycles. The summed E-state index contributed by atoms with van der Waals surface area (Å²) in [5.74, 6) is 0.576. The van der Waals surface area contributed by atoms with E-state index in [1.807, 2.05) is 30.7 Å². The largest absolute Gasteiger partial charge is 0.379 e. The van der Waals surface area contributed by atoms with Crippen molar-refractivity contribution >= 4 is 5.82 Å². The van der Waals surface area contributed by atoms with Crippen LogP contribution >= 0.6 is 0 Å². The summed E-state index contributed by atoms with van der Waals surface area (Å²) in [5, 5.41) is 4.09. The van der Waals surface area contributed by atoms with Gasteiger partial charge in [-0.3, -0.25) is 0 Å². The molecule has 0 saturated carbocycles. The first-order valence-electron chi connectivity index (χ1n) is 3.37. The molecule has 0 aliphatic rings. The molecule has 0 fully saturated rings. The van der Waals surface area contributed by atoms with E-state index >= 15 is 0 Å². The molecule has 2 N–H and O–H groups in total. The van der Waals surface area contributed by atoms with Crippen molar-refractivity contribution in [1.29, 1.82) is 0 Å². The van der Waals surface area contributed by atoms with Crippen LogP contribution in [0.15, 0.2) is 12.1 Å². The molecule has 54 valence electrons. The smallest absolute Gasteiger partial charge is 0.205 e. The molecule has 1 rings (SSSR count). The Kier molecular flexibility index (Phi) is 1.85. The molecule has 0 atom stereocenters. The molecule has 3 heteroatoms. The van der Waals surface area contributed by atoms with Crippen LogP contribution in [0.5, 0.6) is 0 Å². The molecule has 0 aliphatic heterocycles.